The van der Waals surface area contributed by atoms with Crippen molar-refractivity contribution in [2.24, 2.45) is 11.7 Å². The predicted octanol–water partition coefficient (Wildman–Crippen LogP) is -0.00880. The molecule has 2 atom stereocenters. The minimum absolute atomic E-state index is 0.0561. The maximum Gasteiger partial charge on any atom is 0.325 e. The standard InChI is InChI=1S/C10H20N2O3/c1-5-7(2)9(11)10(14)12(3)6-8(13)15-4/h7,9H,5-6,11H2,1-4H3. The summed E-state index contributed by atoms with van der Waals surface area (Å²) in [5.41, 5.74) is 5.75. The number of nitrogens with zero attached hydrogens (tertiary/aromatic N) is 1. The van der Waals surface area contributed by atoms with E-state index in [1.165, 1.54) is 12.0 Å². The number of carbonyl (C=O) groups is 2. The van der Waals surface area contributed by atoms with Gasteiger partial charge in [-0.05, 0) is 5.92 Å². The highest BCUT2D eigenvalue weighted by atomic mass is 16.5. The van der Waals surface area contributed by atoms with Crippen LogP contribution >= 0.6 is 0 Å². The lowest BCUT2D eigenvalue weighted by molar-refractivity contribution is -0.146. The number of hydrogen-bond acceptors (Lipinski definition) is 4. The van der Waals surface area contributed by atoms with Crippen LogP contribution in [0.5, 0.6) is 0 Å². The van der Waals surface area contributed by atoms with E-state index in [1.54, 1.807) is 7.05 Å². The van der Waals surface area contributed by atoms with Crippen molar-refractivity contribution in [1.82, 2.24) is 4.90 Å². The first kappa shape index (κ1) is 13.9. The van der Waals surface area contributed by atoms with E-state index in [-0.39, 0.29) is 18.4 Å². The van der Waals surface area contributed by atoms with Gasteiger partial charge in [0.05, 0.1) is 13.2 Å². The predicted molar refractivity (Wildman–Crippen MR) is 57.1 cm³/mol. The zero-order chi connectivity index (χ0) is 12.0. The van der Waals surface area contributed by atoms with E-state index >= 15 is 0 Å². The van der Waals surface area contributed by atoms with E-state index in [1.807, 2.05) is 13.8 Å². The summed E-state index contributed by atoms with van der Waals surface area (Å²) in [4.78, 5) is 23.9. The molecule has 5 nitrogen and oxygen atoms in total. The number of amides is 1. The molecule has 15 heavy (non-hydrogen) atoms. The van der Waals surface area contributed by atoms with Crippen LogP contribution in [0, 0.1) is 5.92 Å². The quantitative estimate of drug-likeness (QED) is 0.656. The summed E-state index contributed by atoms with van der Waals surface area (Å²) in [5, 5.41) is 0. The van der Waals surface area contributed by atoms with Gasteiger partial charge in [0.2, 0.25) is 5.91 Å². The second-order valence-corrected chi connectivity index (χ2v) is 3.68. The molecule has 0 aromatic heterocycles. The van der Waals surface area contributed by atoms with Gasteiger partial charge in [0.1, 0.15) is 6.54 Å². The first-order valence-electron chi connectivity index (χ1n) is 5.01. The largest absolute Gasteiger partial charge is 0.468 e. The maximum absolute atomic E-state index is 11.7. The molecule has 0 bridgehead atoms. The number of likely N-dealkylation sites (N-methyl/N-ethyl adjacent to an activating group) is 1. The smallest absolute Gasteiger partial charge is 0.325 e. The van der Waals surface area contributed by atoms with Crippen molar-refractivity contribution in [3.63, 3.8) is 0 Å². The maximum atomic E-state index is 11.7. The Morgan fingerprint density at radius 2 is 2.00 bits per heavy atom. The van der Waals surface area contributed by atoms with Gasteiger partial charge in [0.25, 0.3) is 0 Å². The summed E-state index contributed by atoms with van der Waals surface area (Å²) >= 11 is 0. The van der Waals surface area contributed by atoms with Gasteiger partial charge < -0.3 is 15.4 Å². The van der Waals surface area contributed by atoms with Gasteiger partial charge in [-0.1, -0.05) is 20.3 Å². The molecule has 88 valence electrons. The average molecular weight is 216 g/mol. The summed E-state index contributed by atoms with van der Waals surface area (Å²) in [5.74, 6) is -0.561. The first-order chi connectivity index (χ1) is 6.93. The Morgan fingerprint density at radius 1 is 1.47 bits per heavy atom. The van der Waals surface area contributed by atoms with Crippen LogP contribution in [0.2, 0.25) is 0 Å². The molecule has 0 spiro atoms. The monoisotopic (exact) mass is 216 g/mol. The van der Waals surface area contributed by atoms with Crippen LogP contribution < -0.4 is 5.73 Å². The number of nitrogens with two attached hydrogens (primary N) is 1. The zero-order valence-electron chi connectivity index (χ0n) is 9.82. The number of methoxy groups -OCH3 is 1. The average Bonchev–Trinajstić information content (AvgIpc) is 2.25. The van der Waals surface area contributed by atoms with E-state index in [0.717, 1.165) is 6.42 Å². The van der Waals surface area contributed by atoms with Gasteiger partial charge in [-0.3, -0.25) is 9.59 Å². The van der Waals surface area contributed by atoms with Gasteiger partial charge in [-0.15, -0.1) is 0 Å². The molecule has 1 amide bonds. The molecule has 0 saturated heterocycles. The van der Waals surface area contributed by atoms with Crippen molar-refractivity contribution in [3.05, 3.63) is 0 Å². The summed E-state index contributed by atoms with van der Waals surface area (Å²) in [6.07, 6.45) is 0.832. The molecule has 0 rings (SSSR count). The molecular weight excluding hydrogens is 196 g/mol. The minimum atomic E-state index is -0.551. The zero-order valence-corrected chi connectivity index (χ0v) is 9.82. The Labute approximate surface area is 90.6 Å². The van der Waals surface area contributed by atoms with Crippen LogP contribution in [-0.4, -0.2) is 43.5 Å². The normalized spacial score (nSPS) is 14.2. The molecule has 0 radical (unpaired) electrons. The van der Waals surface area contributed by atoms with Gasteiger partial charge in [-0.2, -0.15) is 0 Å². The van der Waals surface area contributed by atoms with E-state index < -0.39 is 12.0 Å². The molecule has 0 aliphatic rings. The molecule has 0 aromatic rings. The molecule has 0 aromatic carbocycles. The third-order valence-electron chi connectivity index (χ3n) is 2.51. The molecule has 0 saturated carbocycles. The molecule has 5 heteroatoms. The van der Waals surface area contributed by atoms with Crippen molar-refractivity contribution in [1.29, 1.82) is 0 Å². The van der Waals surface area contributed by atoms with Gasteiger partial charge in [0, 0.05) is 7.05 Å². The van der Waals surface area contributed by atoms with Crippen LogP contribution in [-0.2, 0) is 14.3 Å². The van der Waals surface area contributed by atoms with E-state index in [0.29, 0.717) is 0 Å². The SMILES string of the molecule is CCC(C)C(N)C(=O)N(C)CC(=O)OC. The molecular formula is C10H20N2O3. The van der Waals surface area contributed by atoms with Crippen LogP contribution in [0.4, 0.5) is 0 Å². The highest BCUT2D eigenvalue weighted by Crippen LogP contribution is 2.07. The third-order valence-corrected chi connectivity index (χ3v) is 2.51. The highest BCUT2D eigenvalue weighted by molar-refractivity contribution is 5.85. The number of esters is 1. The molecule has 0 aliphatic carbocycles. The van der Waals surface area contributed by atoms with Crippen LogP contribution in [0.3, 0.4) is 0 Å². The van der Waals surface area contributed by atoms with E-state index in [4.69, 9.17) is 5.73 Å². The summed E-state index contributed by atoms with van der Waals surface area (Å²) in [7, 11) is 2.83. The Morgan fingerprint density at radius 3 is 2.40 bits per heavy atom. The van der Waals surface area contributed by atoms with Crippen molar-refractivity contribution < 1.29 is 14.3 Å². The molecule has 0 aliphatic heterocycles. The second-order valence-electron chi connectivity index (χ2n) is 3.68. The number of ether oxygens (including phenoxy) is 1. The summed E-state index contributed by atoms with van der Waals surface area (Å²) in [6, 6.07) is -0.551. The Bertz CT molecular complexity index is 231. The fourth-order valence-electron chi connectivity index (χ4n) is 1.09. The third kappa shape index (κ3) is 4.29. The molecule has 0 heterocycles. The lowest BCUT2D eigenvalue weighted by atomic mass is 9.99. The van der Waals surface area contributed by atoms with Gasteiger partial charge >= 0.3 is 5.97 Å². The van der Waals surface area contributed by atoms with Crippen LogP contribution in [0.15, 0.2) is 0 Å². The fraction of sp³-hybridized carbons (Fsp3) is 0.800. The van der Waals surface area contributed by atoms with Gasteiger partial charge in [0.15, 0.2) is 0 Å². The topological polar surface area (TPSA) is 72.6 Å². The Hall–Kier alpha value is -1.10. The van der Waals surface area contributed by atoms with Gasteiger partial charge in [-0.25, -0.2) is 0 Å². The fourth-order valence-corrected chi connectivity index (χ4v) is 1.09. The van der Waals surface area contributed by atoms with Crippen molar-refractivity contribution in [2.45, 2.75) is 26.3 Å². The lowest BCUT2D eigenvalue weighted by Gasteiger charge is -2.23. The van der Waals surface area contributed by atoms with E-state index in [9.17, 15) is 9.59 Å². The Kier molecular flexibility index (Phi) is 5.93. The van der Waals surface area contributed by atoms with Crippen LogP contribution in [0.1, 0.15) is 20.3 Å². The minimum Gasteiger partial charge on any atom is -0.468 e. The van der Waals surface area contributed by atoms with Crippen molar-refractivity contribution >= 4 is 11.9 Å². The molecule has 2 unspecified atom stereocenters. The van der Waals surface area contributed by atoms with E-state index in [2.05, 4.69) is 4.74 Å². The van der Waals surface area contributed by atoms with Crippen LogP contribution in [0.25, 0.3) is 0 Å². The Balaban J connectivity index is 4.25. The van der Waals surface area contributed by atoms with Crippen molar-refractivity contribution in [3.8, 4) is 0 Å². The number of carbonyl (C=O) groups excluding carboxylic acids is 2. The molecule has 2 N–H and O–H groups in total. The molecule has 0 fully saturated rings. The van der Waals surface area contributed by atoms with Crippen molar-refractivity contribution in [2.75, 3.05) is 20.7 Å². The number of rotatable bonds is 5. The first-order valence-corrected chi connectivity index (χ1v) is 5.01. The second kappa shape index (κ2) is 6.40. The lowest BCUT2D eigenvalue weighted by Crippen LogP contribution is -2.47. The summed E-state index contributed by atoms with van der Waals surface area (Å²) < 4.78 is 4.46. The summed E-state index contributed by atoms with van der Waals surface area (Å²) in [6.45, 7) is 3.83. The number of hydrogen-bond donors (Lipinski definition) is 1. The highest BCUT2D eigenvalue weighted by Gasteiger charge is 2.23.